The van der Waals surface area contributed by atoms with Gasteiger partial charge < -0.3 is 5.32 Å². The molecule has 20 heavy (non-hydrogen) atoms. The van der Waals surface area contributed by atoms with Gasteiger partial charge in [0.1, 0.15) is 11.0 Å². The molecular formula is C13H9BrClF3N2. The maximum atomic E-state index is 12.7. The maximum Gasteiger partial charge on any atom is 0.416 e. The van der Waals surface area contributed by atoms with Crippen LogP contribution in [0.5, 0.6) is 0 Å². The van der Waals surface area contributed by atoms with E-state index >= 15 is 0 Å². The standard InChI is InChI=1S/C13H9BrClF3N2/c1-7-4-9(2-3-10(7)14)19-12-6-8(13(16,17)18)5-11(15)20-12/h2-6H,1H3,(H,19,20). The molecule has 0 aliphatic carbocycles. The van der Waals surface area contributed by atoms with Crippen LogP contribution in [0.4, 0.5) is 24.7 Å². The minimum atomic E-state index is -4.46. The second kappa shape index (κ2) is 5.61. The molecule has 7 heteroatoms. The summed E-state index contributed by atoms with van der Waals surface area (Å²) in [7, 11) is 0. The molecule has 0 amide bonds. The molecule has 0 bridgehead atoms. The van der Waals surface area contributed by atoms with E-state index in [1.165, 1.54) is 0 Å². The third-order valence-electron chi connectivity index (χ3n) is 2.55. The lowest BCUT2D eigenvalue weighted by Crippen LogP contribution is -2.06. The predicted molar refractivity (Wildman–Crippen MR) is 76.4 cm³/mol. The topological polar surface area (TPSA) is 24.9 Å². The normalized spacial score (nSPS) is 11.5. The number of nitrogens with zero attached hydrogens (tertiary/aromatic N) is 1. The summed E-state index contributed by atoms with van der Waals surface area (Å²) in [6, 6.07) is 7.03. The maximum absolute atomic E-state index is 12.7. The van der Waals surface area contributed by atoms with E-state index in [-0.39, 0.29) is 11.0 Å². The summed E-state index contributed by atoms with van der Waals surface area (Å²) in [6.45, 7) is 1.88. The number of hydrogen-bond donors (Lipinski definition) is 1. The average Bonchev–Trinajstić information content (AvgIpc) is 2.32. The van der Waals surface area contributed by atoms with E-state index in [2.05, 4.69) is 26.2 Å². The number of anilines is 2. The van der Waals surface area contributed by atoms with Crippen molar-refractivity contribution in [3.63, 3.8) is 0 Å². The van der Waals surface area contributed by atoms with Crippen LogP contribution in [-0.4, -0.2) is 4.98 Å². The van der Waals surface area contributed by atoms with Crippen LogP contribution >= 0.6 is 27.5 Å². The van der Waals surface area contributed by atoms with Gasteiger partial charge in [0.25, 0.3) is 0 Å². The minimum Gasteiger partial charge on any atom is -0.340 e. The summed E-state index contributed by atoms with van der Waals surface area (Å²) in [5.41, 5.74) is 0.746. The van der Waals surface area contributed by atoms with Crippen molar-refractivity contribution in [2.45, 2.75) is 13.1 Å². The second-order valence-electron chi connectivity index (χ2n) is 4.15. The smallest absolute Gasteiger partial charge is 0.340 e. The highest BCUT2D eigenvalue weighted by atomic mass is 79.9. The van der Waals surface area contributed by atoms with Crippen LogP contribution in [0.1, 0.15) is 11.1 Å². The fraction of sp³-hybridized carbons (Fsp3) is 0.154. The molecule has 0 aliphatic heterocycles. The first-order chi connectivity index (χ1) is 9.25. The van der Waals surface area contributed by atoms with Crippen molar-refractivity contribution < 1.29 is 13.2 Å². The van der Waals surface area contributed by atoms with Crippen molar-refractivity contribution in [3.8, 4) is 0 Å². The van der Waals surface area contributed by atoms with Crippen LogP contribution in [0.3, 0.4) is 0 Å². The first kappa shape index (κ1) is 15.1. The number of pyridine rings is 1. The number of halogens is 5. The highest BCUT2D eigenvalue weighted by Crippen LogP contribution is 2.32. The third-order valence-corrected chi connectivity index (χ3v) is 3.64. The molecule has 2 nitrogen and oxygen atoms in total. The highest BCUT2D eigenvalue weighted by molar-refractivity contribution is 9.10. The molecule has 1 heterocycles. The van der Waals surface area contributed by atoms with Gasteiger partial charge in [-0.15, -0.1) is 0 Å². The lowest BCUT2D eigenvalue weighted by Gasteiger charge is -2.11. The van der Waals surface area contributed by atoms with Crippen LogP contribution in [0, 0.1) is 6.92 Å². The zero-order valence-electron chi connectivity index (χ0n) is 10.2. The van der Waals surface area contributed by atoms with Crippen LogP contribution in [0.2, 0.25) is 5.15 Å². The monoisotopic (exact) mass is 364 g/mol. The van der Waals surface area contributed by atoms with Crippen LogP contribution in [-0.2, 0) is 6.18 Å². The van der Waals surface area contributed by atoms with Gasteiger partial charge in [0.05, 0.1) is 5.56 Å². The van der Waals surface area contributed by atoms with E-state index in [4.69, 9.17) is 11.6 Å². The molecule has 2 aromatic rings. The number of aryl methyl sites for hydroxylation is 1. The molecule has 1 aromatic heterocycles. The first-order valence-electron chi connectivity index (χ1n) is 5.53. The Morgan fingerprint density at radius 1 is 1.20 bits per heavy atom. The van der Waals surface area contributed by atoms with Gasteiger partial charge in [0, 0.05) is 10.2 Å². The summed E-state index contributed by atoms with van der Waals surface area (Å²) < 4.78 is 39.0. The molecule has 2 rings (SSSR count). The Kier molecular flexibility index (Phi) is 4.25. The number of benzene rings is 1. The molecule has 1 aromatic carbocycles. The van der Waals surface area contributed by atoms with Crippen molar-refractivity contribution in [1.29, 1.82) is 0 Å². The van der Waals surface area contributed by atoms with E-state index in [0.29, 0.717) is 5.69 Å². The Hall–Kier alpha value is -1.27. The van der Waals surface area contributed by atoms with Gasteiger partial charge in [0.15, 0.2) is 0 Å². The second-order valence-corrected chi connectivity index (χ2v) is 5.39. The number of alkyl halides is 3. The van der Waals surface area contributed by atoms with Gasteiger partial charge in [-0.05, 0) is 42.8 Å². The predicted octanol–water partition coefficient (Wildman–Crippen LogP) is 5.57. The lowest BCUT2D eigenvalue weighted by molar-refractivity contribution is -0.137. The number of nitrogens with one attached hydrogen (secondary N) is 1. The largest absolute Gasteiger partial charge is 0.416 e. The molecule has 0 aliphatic rings. The molecule has 0 unspecified atom stereocenters. The molecule has 0 saturated heterocycles. The van der Waals surface area contributed by atoms with E-state index in [0.717, 1.165) is 22.2 Å². The number of hydrogen-bond acceptors (Lipinski definition) is 2. The van der Waals surface area contributed by atoms with E-state index in [9.17, 15) is 13.2 Å². The van der Waals surface area contributed by atoms with Crippen molar-refractivity contribution in [3.05, 3.63) is 51.1 Å². The van der Waals surface area contributed by atoms with E-state index in [1.807, 2.05) is 6.92 Å². The van der Waals surface area contributed by atoms with Crippen LogP contribution < -0.4 is 5.32 Å². The van der Waals surface area contributed by atoms with Crippen molar-refractivity contribution in [1.82, 2.24) is 4.98 Å². The minimum absolute atomic E-state index is 0.0477. The fourth-order valence-electron chi connectivity index (χ4n) is 1.59. The lowest BCUT2D eigenvalue weighted by atomic mass is 10.2. The summed E-state index contributed by atoms with van der Waals surface area (Å²) in [5, 5.41) is 2.60. The Balaban J connectivity index is 2.33. The molecule has 1 N–H and O–H groups in total. The van der Waals surface area contributed by atoms with Crippen molar-refractivity contribution in [2.75, 3.05) is 5.32 Å². The molecule has 106 valence electrons. The molecule has 0 saturated carbocycles. The first-order valence-corrected chi connectivity index (χ1v) is 6.71. The molecule has 0 fully saturated rings. The molecule has 0 spiro atoms. The summed E-state index contributed by atoms with van der Waals surface area (Å²) in [5.74, 6) is 0.0477. The Morgan fingerprint density at radius 3 is 2.50 bits per heavy atom. The molecule has 0 atom stereocenters. The Morgan fingerprint density at radius 2 is 1.90 bits per heavy atom. The Bertz CT molecular complexity index is 644. The zero-order chi connectivity index (χ0) is 14.9. The molecule has 0 radical (unpaired) electrons. The van der Waals surface area contributed by atoms with Crippen LogP contribution in [0.25, 0.3) is 0 Å². The summed E-state index contributed by atoms with van der Waals surface area (Å²) >= 11 is 8.97. The average molecular weight is 366 g/mol. The SMILES string of the molecule is Cc1cc(Nc2cc(C(F)(F)F)cc(Cl)n2)ccc1Br. The van der Waals surface area contributed by atoms with Gasteiger partial charge in [-0.25, -0.2) is 4.98 Å². The van der Waals surface area contributed by atoms with Crippen molar-refractivity contribution in [2.24, 2.45) is 0 Å². The fourth-order valence-corrected chi connectivity index (χ4v) is 2.05. The highest BCUT2D eigenvalue weighted by Gasteiger charge is 2.31. The zero-order valence-corrected chi connectivity index (χ0v) is 12.6. The van der Waals surface area contributed by atoms with Gasteiger partial charge in [-0.2, -0.15) is 13.2 Å². The summed E-state index contributed by atoms with van der Waals surface area (Å²) in [4.78, 5) is 3.84. The Labute approximate surface area is 127 Å². The third kappa shape index (κ3) is 3.64. The summed E-state index contributed by atoms with van der Waals surface area (Å²) in [6.07, 6.45) is -4.46. The van der Waals surface area contributed by atoms with Crippen molar-refractivity contribution >= 4 is 39.0 Å². The molecular weight excluding hydrogens is 357 g/mol. The van der Waals surface area contributed by atoms with Gasteiger partial charge in [-0.1, -0.05) is 27.5 Å². The number of aromatic nitrogens is 1. The number of rotatable bonds is 2. The van der Waals surface area contributed by atoms with Gasteiger partial charge in [-0.3, -0.25) is 0 Å². The van der Waals surface area contributed by atoms with Crippen LogP contribution in [0.15, 0.2) is 34.8 Å². The van der Waals surface area contributed by atoms with E-state index < -0.39 is 11.7 Å². The quantitative estimate of drug-likeness (QED) is 0.704. The van der Waals surface area contributed by atoms with Gasteiger partial charge >= 0.3 is 6.18 Å². The van der Waals surface area contributed by atoms with E-state index in [1.54, 1.807) is 18.2 Å². The van der Waals surface area contributed by atoms with Gasteiger partial charge in [0.2, 0.25) is 0 Å².